The van der Waals surface area contributed by atoms with Gasteiger partial charge in [0.1, 0.15) is 0 Å². The molecule has 3 heteroatoms. The molecule has 0 bridgehead atoms. The van der Waals surface area contributed by atoms with Crippen LogP contribution in [0.15, 0.2) is 18.2 Å². The molecule has 1 aromatic rings. The molecule has 1 atom stereocenters. The fourth-order valence-electron chi connectivity index (χ4n) is 2.97. The summed E-state index contributed by atoms with van der Waals surface area (Å²) < 4.78 is 0. The van der Waals surface area contributed by atoms with Crippen LogP contribution in [-0.2, 0) is 0 Å². The summed E-state index contributed by atoms with van der Waals surface area (Å²) in [5, 5.41) is 12.3. The normalized spacial score (nSPS) is 16.8. The summed E-state index contributed by atoms with van der Waals surface area (Å²) in [4.78, 5) is 11.0. The first-order valence-corrected chi connectivity index (χ1v) is 7.83. The lowest BCUT2D eigenvalue weighted by Crippen LogP contribution is -2.01. The van der Waals surface area contributed by atoms with Gasteiger partial charge in [0.2, 0.25) is 0 Å². The summed E-state index contributed by atoms with van der Waals surface area (Å²) in [6.07, 6.45) is 9.15. The van der Waals surface area contributed by atoms with Crippen molar-refractivity contribution >= 4 is 11.7 Å². The Bertz CT molecular complexity index is 456. The van der Waals surface area contributed by atoms with Crippen LogP contribution in [0.2, 0.25) is 0 Å². The quantitative estimate of drug-likeness (QED) is 0.679. The van der Waals surface area contributed by atoms with E-state index in [2.05, 4.69) is 12.2 Å². The third-order valence-corrected chi connectivity index (χ3v) is 4.19. The second-order valence-corrected chi connectivity index (χ2v) is 5.74. The zero-order chi connectivity index (χ0) is 14.4. The second-order valence-electron chi connectivity index (χ2n) is 5.74. The van der Waals surface area contributed by atoms with Gasteiger partial charge in [-0.1, -0.05) is 51.5 Å². The van der Waals surface area contributed by atoms with Gasteiger partial charge in [-0.3, -0.25) is 0 Å². The zero-order valence-electron chi connectivity index (χ0n) is 12.3. The van der Waals surface area contributed by atoms with Crippen molar-refractivity contribution in [2.24, 2.45) is 0 Å². The molecular weight excluding hydrogens is 250 g/mol. The van der Waals surface area contributed by atoms with Crippen molar-refractivity contribution in [1.82, 2.24) is 0 Å². The molecule has 0 saturated carbocycles. The van der Waals surface area contributed by atoms with Crippen LogP contribution in [0, 0.1) is 0 Å². The summed E-state index contributed by atoms with van der Waals surface area (Å²) in [6, 6.07) is 5.47. The second kappa shape index (κ2) is 7.32. The van der Waals surface area contributed by atoms with Gasteiger partial charge in [0.15, 0.2) is 0 Å². The predicted octanol–water partition coefficient (Wildman–Crippen LogP) is 4.64. The van der Waals surface area contributed by atoms with Gasteiger partial charge in [-0.15, -0.1) is 0 Å². The maximum atomic E-state index is 11.0. The van der Waals surface area contributed by atoms with E-state index in [-0.39, 0.29) is 0 Å². The Kier molecular flexibility index (Phi) is 5.45. The number of carboxylic acid groups (broad SMARTS) is 1. The Morgan fingerprint density at radius 2 is 2.00 bits per heavy atom. The fourth-order valence-corrected chi connectivity index (χ4v) is 2.97. The Balaban J connectivity index is 1.81. The molecule has 1 heterocycles. The summed E-state index contributed by atoms with van der Waals surface area (Å²) in [5.74, 6) is -0.298. The molecule has 0 fully saturated rings. The fraction of sp³-hybridized carbons (Fsp3) is 0.588. The highest BCUT2D eigenvalue weighted by atomic mass is 16.4. The van der Waals surface area contributed by atoms with Crippen LogP contribution in [0.1, 0.15) is 73.7 Å². The van der Waals surface area contributed by atoms with Crippen LogP contribution in [0.4, 0.5) is 5.69 Å². The molecule has 110 valence electrons. The maximum absolute atomic E-state index is 11.0. The Hall–Kier alpha value is -1.51. The van der Waals surface area contributed by atoms with Crippen LogP contribution < -0.4 is 5.32 Å². The first-order valence-electron chi connectivity index (χ1n) is 7.83. The summed E-state index contributed by atoms with van der Waals surface area (Å²) in [5.41, 5.74) is 2.68. The standard InChI is InChI=1S/C17H25NO2/c1-2-3-4-5-6-7-8-14-12-18-16-11-13(17(19)20)9-10-15(14)16/h9-11,14,18H,2-8,12H2,1H3,(H,19,20). The van der Waals surface area contributed by atoms with Crippen molar-refractivity contribution < 1.29 is 9.90 Å². The van der Waals surface area contributed by atoms with Crippen LogP contribution in [0.5, 0.6) is 0 Å². The average molecular weight is 275 g/mol. The lowest BCUT2D eigenvalue weighted by Gasteiger charge is -2.10. The Morgan fingerprint density at radius 3 is 2.75 bits per heavy atom. The number of nitrogens with one attached hydrogen (secondary N) is 1. The molecule has 20 heavy (non-hydrogen) atoms. The minimum Gasteiger partial charge on any atom is -0.478 e. The van der Waals surface area contributed by atoms with Crippen molar-refractivity contribution in [1.29, 1.82) is 0 Å². The molecule has 0 spiro atoms. The maximum Gasteiger partial charge on any atom is 0.335 e. The monoisotopic (exact) mass is 275 g/mol. The topological polar surface area (TPSA) is 49.3 Å². The first-order chi connectivity index (χ1) is 9.72. The van der Waals surface area contributed by atoms with Gasteiger partial charge in [0.05, 0.1) is 5.56 Å². The van der Waals surface area contributed by atoms with E-state index < -0.39 is 5.97 Å². The van der Waals surface area contributed by atoms with E-state index in [0.29, 0.717) is 11.5 Å². The molecule has 0 radical (unpaired) electrons. The highest BCUT2D eigenvalue weighted by Crippen LogP contribution is 2.35. The smallest absolute Gasteiger partial charge is 0.335 e. The number of rotatable bonds is 8. The van der Waals surface area contributed by atoms with E-state index in [1.807, 2.05) is 6.07 Å². The van der Waals surface area contributed by atoms with E-state index in [0.717, 1.165) is 12.2 Å². The number of unbranched alkanes of at least 4 members (excludes halogenated alkanes) is 5. The van der Waals surface area contributed by atoms with Crippen molar-refractivity contribution in [3.05, 3.63) is 29.3 Å². The molecule has 0 amide bonds. The van der Waals surface area contributed by atoms with Crippen molar-refractivity contribution in [3.8, 4) is 0 Å². The number of benzene rings is 1. The van der Waals surface area contributed by atoms with Crippen LogP contribution in [0.3, 0.4) is 0 Å². The number of hydrogen-bond acceptors (Lipinski definition) is 2. The van der Waals surface area contributed by atoms with Gasteiger partial charge in [0.25, 0.3) is 0 Å². The van der Waals surface area contributed by atoms with Crippen molar-refractivity contribution in [2.45, 2.75) is 57.8 Å². The van der Waals surface area contributed by atoms with Gasteiger partial charge in [-0.25, -0.2) is 4.79 Å². The van der Waals surface area contributed by atoms with E-state index in [9.17, 15) is 4.79 Å². The largest absolute Gasteiger partial charge is 0.478 e. The van der Waals surface area contributed by atoms with Gasteiger partial charge in [-0.2, -0.15) is 0 Å². The number of anilines is 1. The van der Waals surface area contributed by atoms with Crippen LogP contribution in [-0.4, -0.2) is 17.6 Å². The molecule has 1 aliphatic heterocycles. The minimum absolute atomic E-state index is 0.372. The SMILES string of the molecule is CCCCCCCCC1CNc2cc(C(=O)O)ccc21. The third-order valence-electron chi connectivity index (χ3n) is 4.19. The third kappa shape index (κ3) is 3.75. The molecule has 1 aliphatic rings. The lowest BCUT2D eigenvalue weighted by atomic mass is 9.94. The van der Waals surface area contributed by atoms with Crippen molar-refractivity contribution in [3.63, 3.8) is 0 Å². The zero-order valence-corrected chi connectivity index (χ0v) is 12.3. The average Bonchev–Trinajstić information content (AvgIpc) is 2.85. The highest BCUT2D eigenvalue weighted by molar-refractivity contribution is 5.89. The minimum atomic E-state index is -0.853. The summed E-state index contributed by atoms with van der Waals surface area (Å²) >= 11 is 0. The predicted molar refractivity (Wildman–Crippen MR) is 82.6 cm³/mol. The molecule has 2 rings (SSSR count). The molecule has 1 unspecified atom stereocenters. The number of fused-ring (bicyclic) bond motifs is 1. The number of carboxylic acids is 1. The van der Waals surface area contributed by atoms with Crippen molar-refractivity contribution in [2.75, 3.05) is 11.9 Å². The lowest BCUT2D eigenvalue weighted by molar-refractivity contribution is 0.0697. The molecule has 3 nitrogen and oxygen atoms in total. The number of carbonyl (C=O) groups is 1. The van der Waals surface area contributed by atoms with Crippen LogP contribution in [0.25, 0.3) is 0 Å². The van der Waals surface area contributed by atoms with Gasteiger partial charge in [-0.05, 0) is 24.1 Å². The Labute approximate surface area is 121 Å². The molecule has 1 aromatic carbocycles. The van der Waals surface area contributed by atoms with Crippen LogP contribution >= 0.6 is 0 Å². The van der Waals surface area contributed by atoms with Gasteiger partial charge < -0.3 is 10.4 Å². The van der Waals surface area contributed by atoms with E-state index in [4.69, 9.17) is 5.11 Å². The molecule has 0 saturated heterocycles. The molecule has 2 N–H and O–H groups in total. The van der Waals surface area contributed by atoms with Gasteiger partial charge >= 0.3 is 5.97 Å². The van der Waals surface area contributed by atoms with E-state index >= 15 is 0 Å². The van der Waals surface area contributed by atoms with E-state index in [1.165, 1.54) is 50.5 Å². The van der Waals surface area contributed by atoms with E-state index in [1.54, 1.807) is 12.1 Å². The Morgan fingerprint density at radius 1 is 1.25 bits per heavy atom. The molecular formula is C17H25NO2. The number of hydrogen-bond donors (Lipinski definition) is 2. The summed E-state index contributed by atoms with van der Waals surface area (Å²) in [6.45, 7) is 3.19. The first kappa shape index (κ1) is 14.9. The highest BCUT2D eigenvalue weighted by Gasteiger charge is 2.22. The van der Waals surface area contributed by atoms with Gasteiger partial charge in [0, 0.05) is 18.2 Å². The molecule has 0 aliphatic carbocycles. The summed E-state index contributed by atoms with van der Waals surface area (Å²) in [7, 11) is 0. The molecule has 0 aromatic heterocycles. The number of aromatic carboxylic acids is 1.